The number of aliphatic hydroxyl groups excluding tert-OH is 1. The molecule has 292 valence electrons. The third-order valence-corrected chi connectivity index (χ3v) is 10.6. The van der Waals surface area contributed by atoms with E-state index in [0.717, 1.165) is 49.1 Å². The number of aryl methyl sites for hydroxylation is 1. The first-order valence-corrected chi connectivity index (χ1v) is 19.2. The number of amides is 5. The molecule has 2 heterocycles. The molecule has 13 nitrogen and oxygen atoms in total. The molecule has 0 unspecified atom stereocenters. The number of hydrogen-bond acceptors (Lipinski definition) is 7. The van der Waals surface area contributed by atoms with Crippen LogP contribution in [0.5, 0.6) is 0 Å². The second-order valence-electron chi connectivity index (χ2n) is 16.0. The minimum atomic E-state index is -1.30. The molecule has 1 saturated heterocycles. The molecule has 53 heavy (non-hydrogen) atoms. The van der Waals surface area contributed by atoms with Crippen molar-refractivity contribution in [3.63, 3.8) is 0 Å². The summed E-state index contributed by atoms with van der Waals surface area (Å²) >= 11 is 0. The van der Waals surface area contributed by atoms with Gasteiger partial charge in [0.15, 0.2) is 0 Å². The number of hydrazine groups is 1. The molecule has 1 aromatic carbocycles. The summed E-state index contributed by atoms with van der Waals surface area (Å²) in [7, 11) is 0. The molecule has 0 radical (unpaired) electrons. The first kappa shape index (κ1) is 41.5. The van der Waals surface area contributed by atoms with Gasteiger partial charge >= 0.3 is 12.1 Å². The Morgan fingerprint density at radius 3 is 2.30 bits per heavy atom. The molecule has 0 spiro atoms. The standard InChI is InChI=1S/C40H61N7O6/c1-7-27(2)34(47-22-21-45(39(47)53)25-31-20-14-15-28(3)41-31)36(49)42-32(23-29-16-10-8-11-17-29)33(48)26-46(24-30-18-12-9-13-19-30)44-37(50)35(40(4,5)6)43-38(51)52/h8,10-11,14-17,20,27,30,32-35,43,48H,7,9,12-13,18-19,21-26H2,1-6H3,(H,42,49)(H,44,50)(H,51,52)/t27-,32-,33-,34-,35+/m0/s1. The minimum Gasteiger partial charge on any atom is -0.465 e. The molecule has 2 aromatic rings. The number of benzene rings is 1. The molecule has 13 heteroatoms. The Kier molecular flexibility index (Phi) is 15.0. The SMILES string of the molecule is CC[C@H](C)[C@@H](C(=O)N[C@@H](Cc1ccccc1)[C@@H](O)CN(CC1CCCCC1)NC(=O)[C@@H](NC(=O)O)C(C)(C)C)N1CCN(Cc2cccc(C)n2)C1=O. The number of carboxylic acid groups (broad SMARTS) is 1. The Hall–Kier alpha value is -4.23. The normalized spacial score (nSPS) is 18.3. The highest BCUT2D eigenvalue weighted by Crippen LogP contribution is 2.26. The van der Waals surface area contributed by atoms with Gasteiger partial charge in [-0.05, 0) is 61.1 Å². The number of nitrogens with zero attached hydrogens (tertiary/aromatic N) is 4. The summed E-state index contributed by atoms with van der Waals surface area (Å²) in [5.41, 5.74) is 4.79. The average Bonchev–Trinajstić information content (AvgIpc) is 3.45. The molecule has 5 amide bonds. The quantitative estimate of drug-likeness (QED) is 0.146. The predicted molar refractivity (Wildman–Crippen MR) is 204 cm³/mol. The Morgan fingerprint density at radius 2 is 1.68 bits per heavy atom. The summed E-state index contributed by atoms with van der Waals surface area (Å²) in [6, 6.07) is 12.5. The third kappa shape index (κ3) is 12.1. The van der Waals surface area contributed by atoms with Crippen molar-refractivity contribution in [2.24, 2.45) is 17.3 Å². The Balaban J connectivity index is 1.57. The van der Waals surface area contributed by atoms with E-state index < -0.39 is 41.6 Å². The highest BCUT2D eigenvalue weighted by Gasteiger charge is 2.41. The zero-order valence-corrected chi connectivity index (χ0v) is 32.4. The number of hydrogen-bond donors (Lipinski definition) is 5. The zero-order valence-electron chi connectivity index (χ0n) is 32.4. The summed E-state index contributed by atoms with van der Waals surface area (Å²) in [6.07, 6.45) is 3.84. The van der Waals surface area contributed by atoms with Crippen molar-refractivity contribution in [2.45, 2.75) is 117 Å². The topological polar surface area (TPSA) is 167 Å². The summed E-state index contributed by atoms with van der Waals surface area (Å²) in [4.78, 5) is 61.4. The van der Waals surface area contributed by atoms with Crippen LogP contribution in [-0.4, -0.2) is 104 Å². The van der Waals surface area contributed by atoms with Crippen LogP contribution in [-0.2, 0) is 22.6 Å². The molecule has 1 aliphatic carbocycles. The van der Waals surface area contributed by atoms with Gasteiger partial charge in [0.2, 0.25) is 5.91 Å². The summed E-state index contributed by atoms with van der Waals surface area (Å²) in [6.45, 7) is 12.9. The monoisotopic (exact) mass is 735 g/mol. The third-order valence-electron chi connectivity index (χ3n) is 10.6. The smallest absolute Gasteiger partial charge is 0.405 e. The molecule has 4 rings (SSSR count). The van der Waals surface area contributed by atoms with Crippen LogP contribution in [0.15, 0.2) is 48.5 Å². The molecule has 1 saturated carbocycles. The van der Waals surface area contributed by atoms with Crippen molar-refractivity contribution in [2.75, 3.05) is 26.2 Å². The first-order valence-electron chi connectivity index (χ1n) is 19.2. The fourth-order valence-corrected chi connectivity index (χ4v) is 7.46. The van der Waals surface area contributed by atoms with Gasteiger partial charge < -0.3 is 30.6 Å². The second-order valence-corrected chi connectivity index (χ2v) is 16.0. The number of carbonyl (C=O) groups excluding carboxylic acids is 3. The van der Waals surface area contributed by atoms with Gasteiger partial charge in [0.05, 0.1) is 24.4 Å². The van der Waals surface area contributed by atoms with E-state index in [1.165, 1.54) is 0 Å². The van der Waals surface area contributed by atoms with Crippen LogP contribution >= 0.6 is 0 Å². The van der Waals surface area contributed by atoms with Crippen molar-refractivity contribution < 1.29 is 29.4 Å². The van der Waals surface area contributed by atoms with Gasteiger partial charge in [-0.2, -0.15) is 0 Å². The van der Waals surface area contributed by atoms with Gasteiger partial charge in [0, 0.05) is 31.9 Å². The highest BCUT2D eigenvalue weighted by molar-refractivity contribution is 5.88. The van der Waals surface area contributed by atoms with Crippen molar-refractivity contribution >= 4 is 23.9 Å². The number of carbonyl (C=O) groups is 4. The van der Waals surface area contributed by atoms with Gasteiger partial charge in [0.1, 0.15) is 12.1 Å². The fourth-order valence-electron chi connectivity index (χ4n) is 7.46. The van der Waals surface area contributed by atoms with Gasteiger partial charge in [0.25, 0.3) is 5.91 Å². The number of nitrogens with one attached hydrogen (secondary N) is 3. The predicted octanol–water partition coefficient (Wildman–Crippen LogP) is 4.73. The van der Waals surface area contributed by atoms with Crippen molar-refractivity contribution in [1.82, 2.24) is 35.9 Å². The van der Waals surface area contributed by atoms with E-state index in [9.17, 15) is 29.4 Å². The van der Waals surface area contributed by atoms with E-state index in [4.69, 9.17) is 0 Å². The lowest BCUT2D eigenvalue weighted by Crippen LogP contribution is -2.61. The van der Waals surface area contributed by atoms with Gasteiger partial charge in [-0.3, -0.25) is 20.0 Å². The van der Waals surface area contributed by atoms with Crippen molar-refractivity contribution in [3.8, 4) is 0 Å². The van der Waals surface area contributed by atoms with Crippen molar-refractivity contribution in [3.05, 3.63) is 65.5 Å². The van der Waals surface area contributed by atoms with Crippen LogP contribution in [0.25, 0.3) is 0 Å². The second kappa shape index (κ2) is 19.2. The summed E-state index contributed by atoms with van der Waals surface area (Å²) in [5.74, 6) is -0.734. The lowest BCUT2D eigenvalue weighted by atomic mass is 9.86. The molecule has 1 aliphatic heterocycles. The zero-order chi connectivity index (χ0) is 38.7. The average molecular weight is 736 g/mol. The maximum Gasteiger partial charge on any atom is 0.405 e. The first-order chi connectivity index (χ1) is 25.2. The number of pyridine rings is 1. The Bertz CT molecular complexity index is 1510. The van der Waals surface area contributed by atoms with E-state index >= 15 is 0 Å². The molecule has 2 fully saturated rings. The van der Waals surface area contributed by atoms with Gasteiger partial charge in [-0.15, -0.1) is 0 Å². The molecular weight excluding hydrogens is 674 g/mol. The molecule has 5 atom stereocenters. The van der Waals surface area contributed by atoms with Crippen LogP contribution in [0.2, 0.25) is 0 Å². The lowest BCUT2D eigenvalue weighted by Gasteiger charge is -2.37. The number of rotatable bonds is 17. The van der Waals surface area contributed by atoms with Crippen LogP contribution in [0.3, 0.4) is 0 Å². The number of urea groups is 1. The summed E-state index contributed by atoms with van der Waals surface area (Å²) < 4.78 is 0. The van der Waals surface area contributed by atoms with E-state index in [2.05, 4.69) is 21.0 Å². The van der Waals surface area contributed by atoms with E-state index in [1.54, 1.807) is 35.6 Å². The van der Waals surface area contributed by atoms with E-state index in [0.29, 0.717) is 39.0 Å². The van der Waals surface area contributed by atoms with Crippen LogP contribution in [0, 0.1) is 24.2 Å². The van der Waals surface area contributed by atoms with Crippen molar-refractivity contribution in [1.29, 1.82) is 0 Å². The highest BCUT2D eigenvalue weighted by atomic mass is 16.4. The number of aromatic nitrogens is 1. The maximum atomic E-state index is 14.4. The van der Waals surface area contributed by atoms with Gasteiger partial charge in [-0.1, -0.05) is 96.7 Å². The van der Waals surface area contributed by atoms with Crippen LogP contribution in [0.4, 0.5) is 9.59 Å². The maximum absolute atomic E-state index is 14.4. The van der Waals surface area contributed by atoms with Crippen LogP contribution < -0.4 is 16.1 Å². The summed E-state index contributed by atoms with van der Waals surface area (Å²) in [5, 5.41) is 28.7. The number of aliphatic hydroxyl groups is 1. The lowest BCUT2D eigenvalue weighted by molar-refractivity contribution is -0.133. The Labute approximate surface area is 314 Å². The van der Waals surface area contributed by atoms with Crippen LogP contribution in [0.1, 0.15) is 90.1 Å². The van der Waals surface area contributed by atoms with E-state index in [1.807, 2.05) is 69.3 Å². The molecule has 1 aromatic heterocycles. The fraction of sp³-hybridized carbons (Fsp3) is 0.625. The molecular formula is C40H61N7O6. The minimum absolute atomic E-state index is 0.00212. The largest absolute Gasteiger partial charge is 0.465 e. The molecule has 5 N–H and O–H groups in total. The Morgan fingerprint density at radius 1 is 0.981 bits per heavy atom. The molecule has 2 aliphatic rings. The van der Waals surface area contributed by atoms with E-state index in [-0.39, 0.29) is 30.3 Å². The molecule has 0 bridgehead atoms. The van der Waals surface area contributed by atoms with Gasteiger partial charge in [-0.25, -0.2) is 14.6 Å².